The molecule has 5 heteroatoms. The van der Waals surface area contributed by atoms with Crippen molar-refractivity contribution in [2.45, 2.75) is 19.4 Å². The lowest BCUT2D eigenvalue weighted by Crippen LogP contribution is -2.12. The highest BCUT2D eigenvalue weighted by Crippen LogP contribution is 2.30. The average molecular weight is 270 g/mol. The molecule has 0 aliphatic rings. The zero-order valence-corrected chi connectivity index (χ0v) is 11.4. The molecule has 0 fully saturated rings. The maximum absolute atomic E-state index is 6.41. The lowest BCUT2D eigenvalue weighted by atomic mass is 9.98. The van der Waals surface area contributed by atoms with Gasteiger partial charge in [0.1, 0.15) is 0 Å². The van der Waals surface area contributed by atoms with E-state index < -0.39 is 0 Å². The molecule has 0 aliphatic heterocycles. The summed E-state index contributed by atoms with van der Waals surface area (Å²) in [6.45, 7) is 2.07. The van der Waals surface area contributed by atoms with Crippen molar-refractivity contribution >= 4 is 22.3 Å². The van der Waals surface area contributed by atoms with Crippen molar-refractivity contribution in [3.63, 3.8) is 0 Å². The second kappa shape index (κ2) is 5.03. The van der Waals surface area contributed by atoms with Crippen molar-refractivity contribution in [1.82, 2.24) is 14.6 Å². The summed E-state index contributed by atoms with van der Waals surface area (Å²) < 4.78 is 4.02. The SMILES string of the molecule is CCc1nnsc1C(N)c1cccc2cnccc12. The molecular formula is C14H14N4S. The van der Waals surface area contributed by atoms with Crippen LogP contribution in [0.5, 0.6) is 0 Å². The number of aromatic nitrogens is 3. The van der Waals surface area contributed by atoms with E-state index in [-0.39, 0.29) is 6.04 Å². The standard InChI is InChI=1S/C14H14N4S/c1-2-12-14(19-18-17-12)13(15)11-5-3-4-9-8-16-7-6-10(9)11/h3-8,13H,2,15H2,1H3. The Morgan fingerprint density at radius 1 is 1.32 bits per heavy atom. The number of hydrogen-bond acceptors (Lipinski definition) is 5. The van der Waals surface area contributed by atoms with Gasteiger partial charge in [0.25, 0.3) is 0 Å². The molecule has 2 heterocycles. The fraction of sp³-hybridized carbons (Fsp3) is 0.214. The molecule has 96 valence electrons. The number of nitrogens with two attached hydrogens (primary N) is 1. The van der Waals surface area contributed by atoms with Gasteiger partial charge in [0.05, 0.1) is 16.6 Å². The highest BCUT2D eigenvalue weighted by Gasteiger charge is 2.18. The molecule has 2 aromatic heterocycles. The molecule has 0 amide bonds. The van der Waals surface area contributed by atoms with Crippen LogP contribution in [0.25, 0.3) is 10.8 Å². The van der Waals surface area contributed by atoms with Crippen LogP contribution in [0, 0.1) is 0 Å². The van der Waals surface area contributed by atoms with Crippen LogP contribution in [0.1, 0.15) is 29.1 Å². The van der Waals surface area contributed by atoms with Gasteiger partial charge in [-0.1, -0.05) is 29.6 Å². The molecule has 0 aliphatic carbocycles. The van der Waals surface area contributed by atoms with Gasteiger partial charge in [-0.15, -0.1) is 5.10 Å². The fourth-order valence-corrected chi connectivity index (χ4v) is 3.02. The number of pyridine rings is 1. The highest BCUT2D eigenvalue weighted by molar-refractivity contribution is 7.05. The molecule has 4 nitrogen and oxygen atoms in total. The summed E-state index contributed by atoms with van der Waals surface area (Å²) in [7, 11) is 0. The van der Waals surface area contributed by atoms with Crippen LogP contribution in [0.15, 0.2) is 36.7 Å². The van der Waals surface area contributed by atoms with Gasteiger partial charge in [-0.25, -0.2) is 0 Å². The van der Waals surface area contributed by atoms with Gasteiger partial charge in [-0.3, -0.25) is 4.98 Å². The van der Waals surface area contributed by atoms with Crippen molar-refractivity contribution < 1.29 is 0 Å². The van der Waals surface area contributed by atoms with Gasteiger partial charge in [0.15, 0.2) is 0 Å². The number of nitrogens with zero attached hydrogens (tertiary/aromatic N) is 3. The summed E-state index contributed by atoms with van der Waals surface area (Å²) in [5.74, 6) is 0. The van der Waals surface area contributed by atoms with Gasteiger partial charge >= 0.3 is 0 Å². The number of benzene rings is 1. The molecule has 0 radical (unpaired) electrons. The molecular weight excluding hydrogens is 256 g/mol. The Kier molecular flexibility index (Phi) is 3.23. The average Bonchev–Trinajstić information content (AvgIpc) is 2.94. The smallest absolute Gasteiger partial charge is 0.0804 e. The zero-order chi connectivity index (χ0) is 13.2. The molecule has 0 spiro atoms. The van der Waals surface area contributed by atoms with Gasteiger partial charge in [0, 0.05) is 17.8 Å². The van der Waals surface area contributed by atoms with Crippen LogP contribution in [0.2, 0.25) is 0 Å². The van der Waals surface area contributed by atoms with E-state index >= 15 is 0 Å². The molecule has 1 unspecified atom stereocenters. The highest BCUT2D eigenvalue weighted by atomic mass is 32.1. The maximum atomic E-state index is 6.41. The largest absolute Gasteiger partial charge is 0.319 e. The van der Waals surface area contributed by atoms with Crippen molar-refractivity contribution in [2.24, 2.45) is 5.73 Å². The van der Waals surface area contributed by atoms with E-state index in [2.05, 4.69) is 27.6 Å². The molecule has 1 atom stereocenters. The summed E-state index contributed by atoms with van der Waals surface area (Å²) in [5, 5.41) is 6.38. The third-order valence-corrected chi connectivity index (χ3v) is 4.10. The summed E-state index contributed by atoms with van der Waals surface area (Å²) in [6.07, 6.45) is 4.51. The first-order valence-electron chi connectivity index (χ1n) is 6.20. The Bertz CT molecular complexity index is 702. The lowest BCUT2D eigenvalue weighted by molar-refractivity contribution is 0.860. The fourth-order valence-electron chi connectivity index (χ4n) is 2.26. The predicted molar refractivity (Wildman–Crippen MR) is 77.1 cm³/mol. The van der Waals surface area contributed by atoms with Crippen LogP contribution in [0.4, 0.5) is 0 Å². The van der Waals surface area contributed by atoms with Gasteiger partial charge < -0.3 is 5.73 Å². The Balaban J connectivity index is 2.14. The van der Waals surface area contributed by atoms with E-state index in [0.29, 0.717) is 0 Å². The number of aryl methyl sites for hydroxylation is 1. The minimum Gasteiger partial charge on any atom is -0.319 e. The molecule has 3 rings (SSSR count). The Morgan fingerprint density at radius 3 is 3.05 bits per heavy atom. The van der Waals surface area contributed by atoms with Crippen molar-refractivity contribution in [2.75, 3.05) is 0 Å². The minimum absolute atomic E-state index is 0.180. The monoisotopic (exact) mass is 270 g/mol. The van der Waals surface area contributed by atoms with E-state index in [1.165, 1.54) is 11.5 Å². The molecule has 3 aromatic rings. The third-order valence-electron chi connectivity index (χ3n) is 3.25. The van der Waals surface area contributed by atoms with Gasteiger partial charge in [-0.05, 0) is 35.0 Å². The van der Waals surface area contributed by atoms with E-state index in [1.807, 2.05) is 24.4 Å². The molecule has 0 bridgehead atoms. The maximum Gasteiger partial charge on any atom is 0.0804 e. The van der Waals surface area contributed by atoms with Crippen LogP contribution >= 0.6 is 11.5 Å². The zero-order valence-electron chi connectivity index (χ0n) is 10.6. The topological polar surface area (TPSA) is 64.7 Å². The molecule has 19 heavy (non-hydrogen) atoms. The van der Waals surface area contributed by atoms with Crippen LogP contribution in [-0.2, 0) is 6.42 Å². The van der Waals surface area contributed by atoms with Crippen LogP contribution < -0.4 is 5.73 Å². The second-order valence-corrected chi connectivity index (χ2v) is 5.14. The first kappa shape index (κ1) is 12.2. The summed E-state index contributed by atoms with van der Waals surface area (Å²) >= 11 is 1.38. The summed E-state index contributed by atoms with van der Waals surface area (Å²) in [6, 6.07) is 7.95. The van der Waals surface area contributed by atoms with E-state index in [0.717, 1.165) is 33.3 Å². The lowest BCUT2D eigenvalue weighted by Gasteiger charge is -2.13. The number of hydrogen-bond donors (Lipinski definition) is 1. The normalized spacial score (nSPS) is 12.7. The number of rotatable bonds is 3. The quantitative estimate of drug-likeness (QED) is 0.794. The van der Waals surface area contributed by atoms with E-state index in [9.17, 15) is 0 Å². The first-order valence-corrected chi connectivity index (χ1v) is 6.98. The third kappa shape index (κ3) is 2.11. The molecule has 0 saturated heterocycles. The van der Waals surface area contributed by atoms with E-state index in [1.54, 1.807) is 6.20 Å². The Labute approximate surface area is 115 Å². The van der Waals surface area contributed by atoms with Crippen molar-refractivity contribution in [1.29, 1.82) is 0 Å². The minimum atomic E-state index is -0.180. The molecule has 1 aromatic carbocycles. The van der Waals surface area contributed by atoms with Crippen LogP contribution in [-0.4, -0.2) is 14.6 Å². The summed E-state index contributed by atoms with van der Waals surface area (Å²) in [4.78, 5) is 5.19. The van der Waals surface area contributed by atoms with Crippen LogP contribution in [0.3, 0.4) is 0 Å². The first-order chi connectivity index (χ1) is 9.31. The van der Waals surface area contributed by atoms with Gasteiger partial charge in [0.2, 0.25) is 0 Å². The summed E-state index contributed by atoms with van der Waals surface area (Å²) in [5.41, 5.74) is 8.50. The Morgan fingerprint density at radius 2 is 2.21 bits per heavy atom. The Hall–Kier alpha value is -1.85. The molecule has 2 N–H and O–H groups in total. The van der Waals surface area contributed by atoms with Crippen molar-refractivity contribution in [3.05, 3.63) is 52.8 Å². The predicted octanol–water partition coefficient (Wildman–Crippen LogP) is 2.70. The van der Waals surface area contributed by atoms with E-state index in [4.69, 9.17) is 5.73 Å². The second-order valence-electron chi connectivity index (χ2n) is 4.36. The number of fused-ring (bicyclic) bond motifs is 1. The van der Waals surface area contributed by atoms with Crippen molar-refractivity contribution in [3.8, 4) is 0 Å². The molecule has 0 saturated carbocycles. The van der Waals surface area contributed by atoms with Gasteiger partial charge in [-0.2, -0.15) is 0 Å².